The monoisotopic (exact) mass is 240 g/mol. The summed E-state index contributed by atoms with van der Waals surface area (Å²) in [5, 5.41) is 22.9. The Balaban J connectivity index is 0. The maximum absolute atomic E-state index is 10.2. The fourth-order valence-electron chi connectivity index (χ4n) is 0.581. The van der Waals surface area contributed by atoms with Gasteiger partial charge in [0.15, 0.2) is 0 Å². The molecule has 0 atom stereocenters. The maximum atomic E-state index is 10.2. The van der Waals surface area contributed by atoms with Crippen molar-refractivity contribution in [2.45, 2.75) is 0 Å². The van der Waals surface area contributed by atoms with E-state index in [1.54, 1.807) is 30.3 Å². The van der Waals surface area contributed by atoms with Crippen LogP contribution in [0, 0.1) is 0 Å². The van der Waals surface area contributed by atoms with Crippen molar-refractivity contribution in [1.82, 2.24) is 0 Å². The number of aliphatic carboxylic acids is 1. The Morgan fingerprint density at radius 1 is 1.12 bits per heavy atom. The van der Waals surface area contributed by atoms with Crippen LogP contribution >= 0.6 is 0 Å². The van der Waals surface area contributed by atoms with E-state index in [4.69, 9.17) is 20.1 Å². The summed E-state index contributed by atoms with van der Waals surface area (Å²) in [6.07, 6.45) is 0.833. The minimum absolute atomic E-state index is 0.250. The first kappa shape index (κ1) is 16.8. The Bertz CT molecular complexity index is 357. The molecule has 0 aliphatic heterocycles. The van der Waals surface area contributed by atoms with E-state index in [1.807, 2.05) is 0 Å². The number of hydrogen-bond acceptors (Lipinski definition) is 3. The van der Waals surface area contributed by atoms with Gasteiger partial charge >= 0.3 is 11.9 Å². The lowest BCUT2D eigenvalue weighted by atomic mass is 10.2. The molecule has 1 rings (SSSR count). The average molecular weight is 240 g/mol. The van der Waals surface area contributed by atoms with E-state index in [2.05, 4.69) is 6.58 Å². The van der Waals surface area contributed by atoms with Gasteiger partial charge in [0.2, 0.25) is 0 Å². The largest absolute Gasteiger partial charge is 0.483 e. The van der Waals surface area contributed by atoms with Gasteiger partial charge in [0.25, 0.3) is 6.47 Å². The Labute approximate surface area is 97.4 Å². The lowest BCUT2D eigenvalue weighted by Gasteiger charge is -1.88. The van der Waals surface area contributed by atoms with E-state index in [0.29, 0.717) is 5.56 Å². The second-order valence-corrected chi connectivity index (χ2v) is 2.32. The van der Waals surface area contributed by atoms with Crippen LogP contribution in [0.25, 0.3) is 0 Å². The fraction of sp³-hybridized carbons (Fsp3) is 0. The molecule has 0 aromatic heterocycles. The molecule has 0 bridgehead atoms. The minimum Gasteiger partial charge on any atom is -0.483 e. The Morgan fingerprint density at radius 2 is 1.47 bits per heavy atom. The highest BCUT2D eigenvalue weighted by Crippen LogP contribution is 1.96. The third-order valence-electron chi connectivity index (χ3n) is 1.20. The summed E-state index contributed by atoms with van der Waals surface area (Å²) >= 11 is 0. The van der Waals surface area contributed by atoms with Gasteiger partial charge in [-0.2, -0.15) is 0 Å². The highest BCUT2D eigenvalue weighted by atomic mass is 16.4. The molecule has 1 aromatic carbocycles. The zero-order valence-electron chi connectivity index (χ0n) is 8.81. The zero-order valence-corrected chi connectivity index (χ0v) is 8.81. The van der Waals surface area contributed by atoms with Crippen molar-refractivity contribution in [3.8, 4) is 0 Å². The van der Waals surface area contributed by atoms with E-state index in [9.17, 15) is 9.59 Å². The summed E-state index contributed by atoms with van der Waals surface area (Å²) < 4.78 is 0. The molecular formula is C11H12O6. The van der Waals surface area contributed by atoms with E-state index >= 15 is 0 Å². The molecular weight excluding hydrogens is 228 g/mol. The molecule has 0 fully saturated rings. The van der Waals surface area contributed by atoms with Gasteiger partial charge in [-0.05, 0) is 12.1 Å². The van der Waals surface area contributed by atoms with Gasteiger partial charge < -0.3 is 15.3 Å². The third kappa shape index (κ3) is 13.4. The van der Waals surface area contributed by atoms with Crippen molar-refractivity contribution in [2.75, 3.05) is 0 Å². The van der Waals surface area contributed by atoms with Crippen LogP contribution < -0.4 is 0 Å². The number of hydrogen-bond donors (Lipinski definition) is 3. The lowest BCUT2D eigenvalue weighted by molar-refractivity contribution is -0.131. The van der Waals surface area contributed by atoms with E-state index in [0.717, 1.165) is 6.08 Å². The zero-order chi connectivity index (χ0) is 13.7. The first-order valence-electron chi connectivity index (χ1n) is 4.21. The van der Waals surface area contributed by atoms with Gasteiger partial charge in [-0.1, -0.05) is 24.8 Å². The van der Waals surface area contributed by atoms with Crippen LogP contribution in [-0.4, -0.2) is 33.7 Å². The lowest BCUT2D eigenvalue weighted by Crippen LogP contribution is -1.93. The summed E-state index contributed by atoms with van der Waals surface area (Å²) in [6.45, 7) is 2.71. The topological polar surface area (TPSA) is 112 Å². The smallest absolute Gasteiger partial charge is 0.335 e. The van der Waals surface area contributed by atoms with E-state index in [1.165, 1.54) is 0 Å². The molecule has 0 aliphatic rings. The second kappa shape index (κ2) is 11.4. The van der Waals surface area contributed by atoms with Crippen molar-refractivity contribution in [2.24, 2.45) is 0 Å². The Morgan fingerprint density at radius 3 is 1.65 bits per heavy atom. The van der Waals surface area contributed by atoms with Crippen LogP contribution in [0.5, 0.6) is 0 Å². The van der Waals surface area contributed by atoms with Crippen LogP contribution in [0.3, 0.4) is 0 Å². The standard InChI is InChI=1S/C7H6O2.C3H4O2.CH2O2/c8-7(9)6-4-2-1-3-5-6;1-2-3(4)5;2-1-3/h1-5H,(H,8,9);2H,1H2,(H,4,5);1H,(H,2,3). The average Bonchev–Trinajstić information content (AvgIpc) is 2.32. The highest BCUT2D eigenvalue weighted by molar-refractivity contribution is 5.87. The Kier molecular flexibility index (Phi) is 11.3. The third-order valence-corrected chi connectivity index (χ3v) is 1.20. The van der Waals surface area contributed by atoms with Crippen LogP contribution in [0.2, 0.25) is 0 Å². The number of carboxylic acids is 2. The fourth-order valence-corrected chi connectivity index (χ4v) is 0.581. The van der Waals surface area contributed by atoms with Gasteiger partial charge in [-0.15, -0.1) is 0 Å². The minimum atomic E-state index is -0.981. The van der Waals surface area contributed by atoms with Gasteiger partial charge in [-0.3, -0.25) is 4.79 Å². The molecule has 0 aliphatic carbocycles. The molecule has 0 amide bonds. The first-order valence-corrected chi connectivity index (χ1v) is 4.21. The molecule has 6 nitrogen and oxygen atoms in total. The van der Waals surface area contributed by atoms with E-state index in [-0.39, 0.29) is 6.47 Å². The molecule has 0 heterocycles. The molecule has 0 saturated carbocycles. The summed E-state index contributed by atoms with van der Waals surface area (Å²) in [4.78, 5) is 27.8. The summed E-state index contributed by atoms with van der Waals surface area (Å²) in [6, 6.07) is 8.30. The number of rotatable bonds is 2. The van der Waals surface area contributed by atoms with Gasteiger partial charge in [0.05, 0.1) is 5.56 Å². The summed E-state index contributed by atoms with van der Waals surface area (Å²) in [7, 11) is 0. The van der Waals surface area contributed by atoms with Crippen molar-refractivity contribution < 1.29 is 29.7 Å². The van der Waals surface area contributed by atoms with Gasteiger partial charge in [0, 0.05) is 6.08 Å². The van der Waals surface area contributed by atoms with Crippen LogP contribution in [0.15, 0.2) is 43.0 Å². The molecule has 0 spiro atoms. The van der Waals surface area contributed by atoms with Crippen LogP contribution in [0.1, 0.15) is 10.4 Å². The van der Waals surface area contributed by atoms with Crippen LogP contribution in [0.4, 0.5) is 0 Å². The van der Waals surface area contributed by atoms with Crippen molar-refractivity contribution >= 4 is 18.4 Å². The maximum Gasteiger partial charge on any atom is 0.335 e. The second-order valence-electron chi connectivity index (χ2n) is 2.32. The molecule has 17 heavy (non-hydrogen) atoms. The molecule has 0 radical (unpaired) electrons. The number of aromatic carboxylic acids is 1. The number of carbonyl (C=O) groups is 3. The predicted octanol–water partition coefficient (Wildman–Crippen LogP) is 1.34. The molecule has 6 heteroatoms. The normalized spacial score (nSPS) is 7.29. The number of benzene rings is 1. The molecule has 0 unspecified atom stereocenters. The summed E-state index contributed by atoms with van der Waals surface area (Å²) in [5.41, 5.74) is 0.331. The number of carboxylic acid groups (broad SMARTS) is 3. The first-order chi connectivity index (χ1) is 7.99. The molecule has 3 N–H and O–H groups in total. The van der Waals surface area contributed by atoms with Crippen LogP contribution in [-0.2, 0) is 9.59 Å². The van der Waals surface area contributed by atoms with Gasteiger partial charge in [0.1, 0.15) is 0 Å². The molecule has 0 saturated heterocycles. The van der Waals surface area contributed by atoms with Crippen molar-refractivity contribution in [3.63, 3.8) is 0 Å². The SMILES string of the molecule is C=CC(=O)O.O=C(O)c1ccccc1.O=CO. The highest BCUT2D eigenvalue weighted by Gasteiger charge is 1.96. The van der Waals surface area contributed by atoms with Crippen molar-refractivity contribution in [3.05, 3.63) is 48.6 Å². The van der Waals surface area contributed by atoms with E-state index < -0.39 is 11.9 Å². The van der Waals surface area contributed by atoms with Gasteiger partial charge in [-0.25, -0.2) is 9.59 Å². The predicted molar refractivity (Wildman–Crippen MR) is 59.9 cm³/mol. The van der Waals surface area contributed by atoms with Crippen molar-refractivity contribution in [1.29, 1.82) is 0 Å². The Hall–Kier alpha value is -2.63. The summed E-state index contributed by atoms with van der Waals surface area (Å²) in [5.74, 6) is -1.86. The molecule has 1 aromatic rings. The quantitative estimate of drug-likeness (QED) is 0.531. The molecule has 92 valence electrons.